The zero-order chi connectivity index (χ0) is 20.4. The Kier molecular flexibility index (Phi) is 4.90. The summed E-state index contributed by atoms with van der Waals surface area (Å²) in [6, 6.07) is 13.0. The maximum absolute atomic E-state index is 13.2. The third kappa shape index (κ3) is 3.64. The van der Waals surface area contributed by atoms with Crippen LogP contribution in [0.1, 0.15) is 12.5 Å². The Labute approximate surface area is 164 Å². The van der Waals surface area contributed by atoms with Gasteiger partial charge in [-0.2, -0.15) is 0 Å². The van der Waals surface area contributed by atoms with Crippen molar-refractivity contribution in [3.8, 4) is 11.3 Å². The van der Waals surface area contributed by atoms with Crippen LogP contribution in [0.4, 0.5) is 10.1 Å². The molecule has 0 saturated heterocycles. The molecule has 146 valence electrons. The van der Waals surface area contributed by atoms with Gasteiger partial charge in [-0.05, 0) is 42.3 Å². The van der Waals surface area contributed by atoms with E-state index in [1.165, 1.54) is 35.2 Å². The second-order valence-corrected chi connectivity index (χ2v) is 6.45. The molecular formula is C21H17FN4O3. The number of amides is 1. The Balaban J connectivity index is 1.65. The lowest BCUT2D eigenvalue weighted by molar-refractivity contribution is -0.116. The Bertz CT molecular complexity index is 1250. The van der Waals surface area contributed by atoms with Crippen LogP contribution < -0.4 is 10.9 Å². The minimum absolute atomic E-state index is 0.0577. The fourth-order valence-electron chi connectivity index (χ4n) is 3.09. The largest absolute Gasteiger partial charge is 0.335 e. The molecule has 0 saturated carbocycles. The van der Waals surface area contributed by atoms with Crippen molar-refractivity contribution in [1.82, 2.24) is 14.7 Å². The summed E-state index contributed by atoms with van der Waals surface area (Å²) in [4.78, 5) is 29.5. The molecule has 0 aliphatic rings. The SMILES string of the molecule is CCc1ccccc1NC(=O)Cn1cnc2onc(-c3ccc(F)cc3)c2c1=O. The number of nitrogens with one attached hydrogen (secondary N) is 1. The number of carbonyl (C=O) groups excluding carboxylic acids is 1. The number of hydrogen-bond acceptors (Lipinski definition) is 5. The van der Waals surface area contributed by atoms with Gasteiger partial charge in [-0.1, -0.05) is 30.3 Å². The highest BCUT2D eigenvalue weighted by atomic mass is 19.1. The lowest BCUT2D eigenvalue weighted by atomic mass is 10.1. The van der Waals surface area contributed by atoms with E-state index in [0.29, 0.717) is 11.3 Å². The van der Waals surface area contributed by atoms with Gasteiger partial charge in [0.2, 0.25) is 5.91 Å². The standard InChI is InChI=1S/C21H17FN4O3/c1-2-13-5-3-4-6-16(13)24-17(27)11-26-12-23-20-18(21(26)28)19(25-29-20)14-7-9-15(22)10-8-14/h3-10,12H,2,11H2,1H3,(H,24,27). The summed E-state index contributed by atoms with van der Waals surface area (Å²) in [7, 11) is 0. The molecule has 1 amide bonds. The van der Waals surface area contributed by atoms with Gasteiger partial charge in [0.1, 0.15) is 29.8 Å². The first-order valence-electron chi connectivity index (χ1n) is 9.05. The van der Waals surface area contributed by atoms with E-state index in [1.807, 2.05) is 31.2 Å². The predicted octanol–water partition coefficient (Wildman–Crippen LogP) is 3.39. The van der Waals surface area contributed by atoms with Crippen molar-refractivity contribution in [3.05, 3.63) is 76.6 Å². The summed E-state index contributed by atoms with van der Waals surface area (Å²) in [6.45, 7) is 1.78. The zero-order valence-corrected chi connectivity index (χ0v) is 15.6. The molecule has 2 aromatic carbocycles. The number of nitrogens with zero attached hydrogens (tertiary/aromatic N) is 3. The van der Waals surface area contributed by atoms with E-state index in [1.54, 1.807) is 0 Å². The maximum Gasteiger partial charge on any atom is 0.267 e. The smallest absolute Gasteiger partial charge is 0.267 e. The minimum atomic E-state index is -0.463. The monoisotopic (exact) mass is 392 g/mol. The number of halogens is 1. The first-order valence-corrected chi connectivity index (χ1v) is 9.05. The normalized spacial score (nSPS) is 11.0. The molecule has 0 bridgehead atoms. The van der Waals surface area contributed by atoms with Crippen LogP contribution in [0.15, 0.2) is 64.2 Å². The Morgan fingerprint density at radius 2 is 1.93 bits per heavy atom. The van der Waals surface area contributed by atoms with Crippen molar-refractivity contribution in [2.75, 3.05) is 5.32 Å². The van der Waals surface area contributed by atoms with Crippen LogP contribution >= 0.6 is 0 Å². The number of rotatable bonds is 5. The van der Waals surface area contributed by atoms with Gasteiger partial charge in [-0.25, -0.2) is 9.37 Å². The molecule has 0 radical (unpaired) electrons. The van der Waals surface area contributed by atoms with E-state index >= 15 is 0 Å². The van der Waals surface area contributed by atoms with E-state index < -0.39 is 11.4 Å². The molecule has 0 fully saturated rings. The van der Waals surface area contributed by atoms with Crippen LogP contribution in [0.25, 0.3) is 22.4 Å². The molecule has 0 atom stereocenters. The first kappa shape index (κ1) is 18.5. The highest BCUT2D eigenvalue weighted by Gasteiger charge is 2.18. The molecule has 2 aromatic heterocycles. The number of hydrogen-bond donors (Lipinski definition) is 1. The van der Waals surface area contributed by atoms with Crippen LogP contribution in [-0.2, 0) is 17.8 Å². The number of benzene rings is 2. The zero-order valence-electron chi connectivity index (χ0n) is 15.6. The third-order valence-electron chi connectivity index (χ3n) is 4.57. The average molecular weight is 392 g/mol. The van der Waals surface area contributed by atoms with Crippen LogP contribution in [0.2, 0.25) is 0 Å². The number of aryl methyl sites for hydroxylation is 1. The van der Waals surface area contributed by atoms with E-state index in [0.717, 1.165) is 12.0 Å². The topological polar surface area (TPSA) is 90.0 Å². The summed E-state index contributed by atoms with van der Waals surface area (Å²) in [6.07, 6.45) is 2.02. The second kappa shape index (κ2) is 7.67. The second-order valence-electron chi connectivity index (χ2n) is 6.45. The van der Waals surface area contributed by atoms with Crippen molar-refractivity contribution < 1.29 is 13.7 Å². The van der Waals surface area contributed by atoms with Gasteiger partial charge in [0.15, 0.2) is 0 Å². The van der Waals surface area contributed by atoms with Crippen molar-refractivity contribution in [2.24, 2.45) is 0 Å². The molecule has 0 unspecified atom stereocenters. The van der Waals surface area contributed by atoms with Gasteiger partial charge in [0, 0.05) is 11.3 Å². The molecule has 2 heterocycles. The summed E-state index contributed by atoms with van der Waals surface area (Å²) >= 11 is 0. The summed E-state index contributed by atoms with van der Waals surface area (Å²) in [5.41, 5.74) is 2.07. The number of anilines is 1. The number of para-hydroxylation sites is 1. The van der Waals surface area contributed by atoms with E-state index in [9.17, 15) is 14.0 Å². The summed E-state index contributed by atoms with van der Waals surface area (Å²) in [5, 5.41) is 6.86. The average Bonchev–Trinajstić information content (AvgIpc) is 3.16. The quantitative estimate of drug-likeness (QED) is 0.562. The molecule has 4 rings (SSSR count). The molecule has 4 aromatic rings. The van der Waals surface area contributed by atoms with Crippen molar-refractivity contribution in [2.45, 2.75) is 19.9 Å². The van der Waals surface area contributed by atoms with Gasteiger partial charge < -0.3 is 9.84 Å². The number of carbonyl (C=O) groups is 1. The van der Waals surface area contributed by atoms with Gasteiger partial charge >= 0.3 is 0 Å². The molecule has 0 aliphatic heterocycles. The predicted molar refractivity (Wildman–Crippen MR) is 106 cm³/mol. The van der Waals surface area contributed by atoms with Crippen molar-refractivity contribution in [1.29, 1.82) is 0 Å². The molecule has 29 heavy (non-hydrogen) atoms. The van der Waals surface area contributed by atoms with Gasteiger partial charge in [0.05, 0.1) is 0 Å². The van der Waals surface area contributed by atoms with E-state index in [4.69, 9.17) is 4.52 Å². The lowest BCUT2D eigenvalue weighted by Gasteiger charge is -2.10. The Morgan fingerprint density at radius 3 is 2.69 bits per heavy atom. The minimum Gasteiger partial charge on any atom is -0.335 e. The molecule has 8 heteroatoms. The van der Waals surface area contributed by atoms with Crippen LogP contribution in [0, 0.1) is 5.82 Å². The fourth-order valence-corrected chi connectivity index (χ4v) is 3.09. The van der Waals surface area contributed by atoms with Gasteiger partial charge in [-0.3, -0.25) is 14.2 Å². The van der Waals surface area contributed by atoms with Crippen LogP contribution in [0.5, 0.6) is 0 Å². The molecule has 0 spiro atoms. The molecule has 0 aliphatic carbocycles. The van der Waals surface area contributed by atoms with Gasteiger partial charge in [0.25, 0.3) is 11.3 Å². The Hall–Kier alpha value is -3.81. The molecule has 7 nitrogen and oxygen atoms in total. The van der Waals surface area contributed by atoms with E-state index in [-0.39, 0.29) is 29.2 Å². The number of aromatic nitrogens is 3. The van der Waals surface area contributed by atoms with Crippen molar-refractivity contribution >= 4 is 22.7 Å². The third-order valence-corrected chi connectivity index (χ3v) is 4.57. The van der Waals surface area contributed by atoms with Crippen molar-refractivity contribution in [3.63, 3.8) is 0 Å². The first-order chi connectivity index (χ1) is 14.1. The molecular weight excluding hydrogens is 375 g/mol. The van der Waals surface area contributed by atoms with Gasteiger partial charge in [-0.15, -0.1) is 0 Å². The number of fused-ring (bicyclic) bond motifs is 1. The highest BCUT2D eigenvalue weighted by Crippen LogP contribution is 2.24. The Morgan fingerprint density at radius 1 is 1.17 bits per heavy atom. The molecule has 1 N–H and O–H groups in total. The summed E-state index contributed by atoms with van der Waals surface area (Å²) in [5.74, 6) is -0.755. The maximum atomic E-state index is 13.2. The van der Waals surface area contributed by atoms with E-state index in [2.05, 4.69) is 15.5 Å². The summed E-state index contributed by atoms with van der Waals surface area (Å²) < 4.78 is 19.5. The van der Waals surface area contributed by atoms with Crippen LogP contribution in [0.3, 0.4) is 0 Å². The fraction of sp³-hybridized carbons (Fsp3) is 0.143. The van der Waals surface area contributed by atoms with Crippen LogP contribution in [-0.4, -0.2) is 20.6 Å². The highest BCUT2D eigenvalue weighted by molar-refractivity contribution is 5.92. The lowest BCUT2D eigenvalue weighted by Crippen LogP contribution is -2.28.